The van der Waals surface area contributed by atoms with Gasteiger partial charge in [-0.3, -0.25) is 9.69 Å². The quantitative estimate of drug-likeness (QED) is 0.719. The number of hydrogen-bond donors (Lipinski definition) is 2. The summed E-state index contributed by atoms with van der Waals surface area (Å²) in [7, 11) is 0. The third-order valence-corrected chi connectivity index (χ3v) is 2.94. The van der Waals surface area contributed by atoms with Gasteiger partial charge in [-0.1, -0.05) is 0 Å². The summed E-state index contributed by atoms with van der Waals surface area (Å²) in [6, 6.07) is -0.0952. The molecule has 0 saturated carbocycles. The first-order chi connectivity index (χ1) is 7.59. The number of carbonyl (C=O) groups excluding carboxylic acids is 1. The van der Waals surface area contributed by atoms with E-state index in [1.807, 2.05) is 20.8 Å². The Bertz CT molecular complexity index is 275. The highest BCUT2D eigenvalue weighted by atomic mass is 16.2. The monoisotopic (exact) mass is 241 g/mol. The largest absolute Gasteiger partial charge is 0.350 e. The maximum atomic E-state index is 12.1. The second-order valence-electron chi connectivity index (χ2n) is 6.86. The van der Waals surface area contributed by atoms with Crippen molar-refractivity contribution >= 4 is 5.91 Å². The minimum atomic E-state index is -0.164. The highest BCUT2D eigenvalue weighted by Gasteiger charge is 2.32. The highest BCUT2D eigenvalue weighted by Crippen LogP contribution is 2.15. The van der Waals surface area contributed by atoms with Crippen LogP contribution >= 0.6 is 0 Å². The Morgan fingerprint density at radius 1 is 1.24 bits per heavy atom. The number of carbonyl (C=O) groups is 1. The van der Waals surface area contributed by atoms with Crippen molar-refractivity contribution < 1.29 is 4.79 Å². The van der Waals surface area contributed by atoms with E-state index in [0.717, 1.165) is 19.6 Å². The first-order valence-corrected chi connectivity index (χ1v) is 6.40. The van der Waals surface area contributed by atoms with Crippen LogP contribution in [0.5, 0.6) is 0 Å². The number of piperazine rings is 1. The molecule has 1 amide bonds. The molecule has 1 atom stereocenters. The van der Waals surface area contributed by atoms with E-state index in [-0.39, 0.29) is 23.0 Å². The maximum Gasteiger partial charge on any atom is 0.238 e. The molecule has 17 heavy (non-hydrogen) atoms. The van der Waals surface area contributed by atoms with Crippen LogP contribution in [0.25, 0.3) is 0 Å². The van der Waals surface area contributed by atoms with Crippen molar-refractivity contribution in [3.05, 3.63) is 0 Å². The van der Waals surface area contributed by atoms with Crippen LogP contribution in [0, 0.1) is 0 Å². The molecule has 0 radical (unpaired) electrons. The lowest BCUT2D eigenvalue weighted by Gasteiger charge is -2.42. The fraction of sp³-hybridized carbons (Fsp3) is 0.923. The standard InChI is InChI=1S/C13H27N3O/c1-12(2,3)15-11(17)10-9-16(8-7-14-10)13(4,5)6/h10,14H,7-9H2,1-6H3,(H,15,17). The van der Waals surface area contributed by atoms with Crippen LogP contribution in [0.1, 0.15) is 41.5 Å². The van der Waals surface area contributed by atoms with E-state index in [0.29, 0.717) is 0 Å². The molecule has 0 aromatic carbocycles. The summed E-state index contributed by atoms with van der Waals surface area (Å²) < 4.78 is 0. The Balaban J connectivity index is 2.58. The van der Waals surface area contributed by atoms with E-state index in [1.165, 1.54) is 0 Å². The van der Waals surface area contributed by atoms with E-state index in [2.05, 4.69) is 36.3 Å². The summed E-state index contributed by atoms with van der Waals surface area (Å²) in [5, 5.41) is 6.32. The van der Waals surface area contributed by atoms with Gasteiger partial charge in [-0.15, -0.1) is 0 Å². The summed E-state index contributed by atoms with van der Waals surface area (Å²) in [6.45, 7) is 15.3. The summed E-state index contributed by atoms with van der Waals surface area (Å²) in [5.74, 6) is 0.103. The Labute approximate surface area is 105 Å². The van der Waals surface area contributed by atoms with Gasteiger partial charge < -0.3 is 10.6 Å². The Kier molecular flexibility index (Phi) is 4.20. The molecule has 1 saturated heterocycles. The van der Waals surface area contributed by atoms with Gasteiger partial charge >= 0.3 is 0 Å². The smallest absolute Gasteiger partial charge is 0.238 e. The number of nitrogens with one attached hydrogen (secondary N) is 2. The fourth-order valence-corrected chi connectivity index (χ4v) is 1.99. The summed E-state index contributed by atoms with van der Waals surface area (Å²) in [4.78, 5) is 14.4. The molecule has 0 aliphatic carbocycles. The molecule has 1 fully saturated rings. The van der Waals surface area contributed by atoms with Gasteiger partial charge in [-0.25, -0.2) is 0 Å². The van der Waals surface area contributed by atoms with Crippen molar-refractivity contribution in [2.75, 3.05) is 19.6 Å². The van der Waals surface area contributed by atoms with Crippen LogP contribution in [0.15, 0.2) is 0 Å². The average Bonchev–Trinajstić information content (AvgIpc) is 2.14. The second kappa shape index (κ2) is 4.94. The molecule has 0 aromatic rings. The molecule has 1 unspecified atom stereocenters. The Morgan fingerprint density at radius 3 is 2.29 bits per heavy atom. The van der Waals surface area contributed by atoms with Crippen molar-refractivity contribution in [1.29, 1.82) is 0 Å². The molecular weight excluding hydrogens is 214 g/mol. The molecule has 0 aromatic heterocycles. The van der Waals surface area contributed by atoms with E-state index >= 15 is 0 Å². The summed E-state index contributed by atoms with van der Waals surface area (Å²) >= 11 is 0. The highest BCUT2D eigenvalue weighted by molar-refractivity contribution is 5.82. The van der Waals surface area contributed by atoms with Gasteiger partial charge in [0.2, 0.25) is 5.91 Å². The predicted octanol–water partition coefficient (Wildman–Crippen LogP) is 0.973. The van der Waals surface area contributed by atoms with Gasteiger partial charge in [-0.05, 0) is 41.5 Å². The molecule has 4 nitrogen and oxygen atoms in total. The minimum absolute atomic E-state index is 0.0952. The van der Waals surface area contributed by atoms with Gasteiger partial charge in [0.05, 0.1) is 6.04 Å². The summed E-state index contributed by atoms with van der Waals surface area (Å²) in [6.07, 6.45) is 0. The Hall–Kier alpha value is -0.610. The first kappa shape index (κ1) is 14.5. The van der Waals surface area contributed by atoms with Gasteiger partial charge in [0.25, 0.3) is 0 Å². The zero-order valence-electron chi connectivity index (χ0n) is 12.1. The van der Waals surface area contributed by atoms with Crippen molar-refractivity contribution in [2.24, 2.45) is 0 Å². The van der Waals surface area contributed by atoms with Gasteiger partial charge in [0, 0.05) is 30.7 Å². The number of amides is 1. The van der Waals surface area contributed by atoms with Gasteiger partial charge in [0.1, 0.15) is 0 Å². The lowest BCUT2D eigenvalue weighted by atomic mass is 10.0. The van der Waals surface area contributed by atoms with E-state index in [4.69, 9.17) is 0 Å². The Morgan fingerprint density at radius 2 is 1.82 bits per heavy atom. The van der Waals surface area contributed by atoms with Gasteiger partial charge in [0.15, 0.2) is 0 Å². The third kappa shape index (κ3) is 4.64. The van der Waals surface area contributed by atoms with Gasteiger partial charge in [-0.2, -0.15) is 0 Å². The van der Waals surface area contributed by atoms with Crippen LogP contribution in [-0.2, 0) is 4.79 Å². The van der Waals surface area contributed by atoms with Crippen LogP contribution < -0.4 is 10.6 Å². The molecular formula is C13H27N3O. The minimum Gasteiger partial charge on any atom is -0.350 e. The SMILES string of the molecule is CC(C)(C)NC(=O)C1CN(C(C)(C)C)CCN1. The molecule has 4 heteroatoms. The molecule has 100 valence electrons. The van der Waals surface area contributed by atoms with Crippen molar-refractivity contribution in [3.63, 3.8) is 0 Å². The zero-order valence-corrected chi connectivity index (χ0v) is 12.1. The number of hydrogen-bond acceptors (Lipinski definition) is 3. The molecule has 1 aliphatic heterocycles. The van der Waals surface area contributed by atoms with E-state index < -0.39 is 0 Å². The molecule has 2 N–H and O–H groups in total. The molecule has 0 bridgehead atoms. The lowest BCUT2D eigenvalue weighted by molar-refractivity contribution is -0.126. The van der Waals surface area contributed by atoms with Crippen molar-refractivity contribution in [1.82, 2.24) is 15.5 Å². The van der Waals surface area contributed by atoms with E-state index in [9.17, 15) is 4.79 Å². The zero-order chi connectivity index (χ0) is 13.3. The van der Waals surface area contributed by atoms with Crippen LogP contribution in [0.4, 0.5) is 0 Å². The van der Waals surface area contributed by atoms with Crippen LogP contribution in [-0.4, -0.2) is 47.6 Å². The molecule has 1 aliphatic rings. The third-order valence-electron chi connectivity index (χ3n) is 2.94. The average molecular weight is 241 g/mol. The topological polar surface area (TPSA) is 44.4 Å². The molecule has 1 rings (SSSR count). The molecule has 1 heterocycles. The van der Waals surface area contributed by atoms with Crippen molar-refractivity contribution in [3.8, 4) is 0 Å². The normalized spacial score (nSPS) is 23.5. The second-order valence-corrected chi connectivity index (χ2v) is 6.86. The fourth-order valence-electron chi connectivity index (χ4n) is 1.99. The number of nitrogens with zero attached hydrogens (tertiary/aromatic N) is 1. The summed E-state index contributed by atoms with van der Waals surface area (Å²) in [5.41, 5.74) is -0.0366. The van der Waals surface area contributed by atoms with Crippen molar-refractivity contribution in [2.45, 2.75) is 58.7 Å². The predicted molar refractivity (Wildman–Crippen MR) is 71.0 cm³/mol. The molecule has 0 spiro atoms. The van der Waals surface area contributed by atoms with E-state index in [1.54, 1.807) is 0 Å². The number of rotatable bonds is 1. The first-order valence-electron chi connectivity index (χ1n) is 6.40. The van der Waals surface area contributed by atoms with Crippen LogP contribution in [0.2, 0.25) is 0 Å². The lowest BCUT2D eigenvalue weighted by Crippen LogP contribution is -2.62. The maximum absolute atomic E-state index is 12.1. The van der Waals surface area contributed by atoms with Crippen LogP contribution in [0.3, 0.4) is 0 Å².